The minimum Gasteiger partial charge on any atom is -0.455 e. The molecule has 0 atom stereocenters. The number of para-hydroxylation sites is 1. The molecule has 1 aliphatic rings. The average Bonchev–Trinajstić information content (AvgIpc) is 2.60. The Balaban J connectivity index is 0.000000574. The molecule has 0 unspecified atom stereocenters. The number of rotatable bonds is 0. The Hall–Kier alpha value is -1.96. The van der Waals surface area contributed by atoms with Crippen molar-refractivity contribution in [2.75, 3.05) is 5.32 Å². The van der Waals surface area contributed by atoms with Gasteiger partial charge in [-0.05, 0) is 30.7 Å². The van der Waals surface area contributed by atoms with Crippen LogP contribution in [0.4, 0.5) is 5.69 Å². The van der Waals surface area contributed by atoms with E-state index in [4.69, 9.17) is 4.74 Å². The Labute approximate surface area is 109 Å². The Bertz CT molecular complexity index is 534. The highest BCUT2D eigenvalue weighted by atomic mass is 16.5. The zero-order valence-corrected chi connectivity index (χ0v) is 11.2. The molecule has 0 aliphatic carbocycles. The van der Waals surface area contributed by atoms with Crippen LogP contribution < -0.4 is 10.1 Å². The molecule has 1 aliphatic heterocycles. The van der Waals surface area contributed by atoms with Crippen molar-refractivity contribution in [1.82, 2.24) is 0 Å². The fourth-order valence-corrected chi connectivity index (χ4v) is 1.93. The van der Waals surface area contributed by atoms with Crippen LogP contribution >= 0.6 is 0 Å². The molecular weight excluding hydrogens is 222 g/mol. The molecule has 1 heterocycles. The summed E-state index contributed by atoms with van der Waals surface area (Å²) in [7, 11) is 0. The van der Waals surface area contributed by atoms with E-state index in [1.165, 1.54) is 11.1 Å². The first-order valence-electron chi connectivity index (χ1n) is 6.43. The van der Waals surface area contributed by atoms with Crippen LogP contribution in [0.25, 0.3) is 0 Å². The Morgan fingerprint density at radius 2 is 1.78 bits per heavy atom. The van der Waals surface area contributed by atoms with Crippen molar-refractivity contribution < 1.29 is 4.74 Å². The Kier molecular flexibility index (Phi) is 3.88. The van der Waals surface area contributed by atoms with E-state index >= 15 is 0 Å². The molecule has 0 saturated heterocycles. The minimum atomic E-state index is 0.812. The first-order valence-corrected chi connectivity index (χ1v) is 6.43. The van der Waals surface area contributed by atoms with Crippen LogP contribution in [-0.4, -0.2) is 0 Å². The molecule has 2 aromatic carbocycles. The molecule has 18 heavy (non-hydrogen) atoms. The van der Waals surface area contributed by atoms with Crippen LogP contribution in [0.1, 0.15) is 25.0 Å². The molecule has 0 spiro atoms. The number of anilines is 1. The van der Waals surface area contributed by atoms with E-state index in [9.17, 15) is 0 Å². The number of ether oxygens (including phenoxy) is 1. The fraction of sp³-hybridized carbons (Fsp3) is 0.250. The molecule has 0 fully saturated rings. The first-order chi connectivity index (χ1) is 8.83. The second kappa shape index (κ2) is 5.58. The predicted molar refractivity (Wildman–Crippen MR) is 76.4 cm³/mol. The van der Waals surface area contributed by atoms with Gasteiger partial charge in [0.2, 0.25) is 0 Å². The number of fused-ring (bicyclic) bond motifs is 2. The van der Waals surface area contributed by atoms with Gasteiger partial charge < -0.3 is 10.1 Å². The molecule has 0 aromatic heterocycles. The largest absolute Gasteiger partial charge is 0.455 e. The van der Waals surface area contributed by atoms with Crippen molar-refractivity contribution in [2.45, 2.75) is 27.3 Å². The molecular formula is C16H19NO. The predicted octanol–water partition coefficient (Wildman–Crippen LogP) is 4.74. The molecule has 0 bridgehead atoms. The van der Waals surface area contributed by atoms with Gasteiger partial charge in [-0.2, -0.15) is 0 Å². The molecule has 2 aromatic rings. The summed E-state index contributed by atoms with van der Waals surface area (Å²) in [6.07, 6.45) is 0. The van der Waals surface area contributed by atoms with Crippen molar-refractivity contribution >= 4 is 5.69 Å². The highest BCUT2D eigenvalue weighted by Gasteiger charge is 2.12. The normalized spacial score (nSPS) is 11.7. The SMILES string of the molecule is CC.Cc1ccc2c(c1)NCc1ccccc1O2. The summed E-state index contributed by atoms with van der Waals surface area (Å²) in [6.45, 7) is 6.90. The van der Waals surface area contributed by atoms with E-state index < -0.39 is 0 Å². The number of nitrogens with one attached hydrogen (secondary N) is 1. The highest BCUT2D eigenvalue weighted by molar-refractivity contribution is 5.61. The van der Waals surface area contributed by atoms with Crippen LogP contribution in [0.5, 0.6) is 11.5 Å². The van der Waals surface area contributed by atoms with Gasteiger partial charge in [0.25, 0.3) is 0 Å². The van der Waals surface area contributed by atoms with Gasteiger partial charge in [-0.1, -0.05) is 38.1 Å². The standard InChI is InChI=1S/C14H13NO.C2H6/c1-10-6-7-14-12(8-10)15-9-11-4-2-3-5-13(11)16-14;1-2/h2-8,15H,9H2,1H3;1-2H3. The maximum absolute atomic E-state index is 5.89. The Morgan fingerprint density at radius 1 is 1.00 bits per heavy atom. The number of aryl methyl sites for hydroxylation is 1. The van der Waals surface area contributed by atoms with Gasteiger partial charge in [-0.15, -0.1) is 0 Å². The zero-order valence-electron chi connectivity index (χ0n) is 11.2. The maximum Gasteiger partial charge on any atom is 0.150 e. The second-order valence-corrected chi connectivity index (χ2v) is 4.06. The smallest absolute Gasteiger partial charge is 0.150 e. The second-order valence-electron chi connectivity index (χ2n) is 4.06. The van der Waals surface area contributed by atoms with Gasteiger partial charge in [0.15, 0.2) is 5.75 Å². The summed E-state index contributed by atoms with van der Waals surface area (Å²) >= 11 is 0. The van der Waals surface area contributed by atoms with Gasteiger partial charge in [0, 0.05) is 12.1 Å². The molecule has 0 radical (unpaired) electrons. The van der Waals surface area contributed by atoms with Crippen LogP contribution in [0, 0.1) is 6.92 Å². The third kappa shape index (κ3) is 2.48. The van der Waals surface area contributed by atoms with E-state index in [1.54, 1.807) is 0 Å². The van der Waals surface area contributed by atoms with Gasteiger partial charge in [-0.3, -0.25) is 0 Å². The average molecular weight is 241 g/mol. The lowest BCUT2D eigenvalue weighted by Crippen LogP contribution is -1.96. The van der Waals surface area contributed by atoms with Crippen molar-refractivity contribution in [3.63, 3.8) is 0 Å². The third-order valence-electron chi connectivity index (χ3n) is 2.80. The van der Waals surface area contributed by atoms with E-state index in [1.807, 2.05) is 38.1 Å². The molecule has 0 saturated carbocycles. The summed E-state index contributed by atoms with van der Waals surface area (Å²) in [6, 6.07) is 14.3. The lowest BCUT2D eigenvalue weighted by atomic mass is 10.2. The highest BCUT2D eigenvalue weighted by Crippen LogP contribution is 2.35. The monoisotopic (exact) mass is 241 g/mol. The van der Waals surface area contributed by atoms with Gasteiger partial charge in [0.1, 0.15) is 5.75 Å². The summed E-state index contributed by atoms with van der Waals surface area (Å²) in [5.41, 5.74) is 3.49. The topological polar surface area (TPSA) is 21.3 Å². The third-order valence-corrected chi connectivity index (χ3v) is 2.80. The van der Waals surface area contributed by atoms with Crippen LogP contribution in [-0.2, 0) is 6.54 Å². The van der Waals surface area contributed by atoms with Gasteiger partial charge in [0.05, 0.1) is 5.69 Å². The summed E-state index contributed by atoms with van der Waals surface area (Å²) in [4.78, 5) is 0. The van der Waals surface area contributed by atoms with Crippen molar-refractivity contribution in [3.8, 4) is 11.5 Å². The lowest BCUT2D eigenvalue weighted by molar-refractivity contribution is 0.484. The number of hydrogen-bond acceptors (Lipinski definition) is 2. The van der Waals surface area contributed by atoms with E-state index in [-0.39, 0.29) is 0 Å². The quantitative estimate of drug-likeness (QED) is 0.719. The minimum absolute atomic E-state index is 0.812. The van der Waals surface area contributed by atoms with E-state index in [0.29, 0.717) is 0 Å². The molecule has 94 valence electrons. The van der Waals surface area contributed by atoms with Crippen LogP contribution in [0.3, 0.4) is 0 Å². The molecule has 2 heteroatoms. The zero-order chi connectivity index (χ0) is 13.0. The number of benzene rings is 2. The van der Waals surface area contributed by atoms with Crippen LogP contribution in [0.15, 0.2) is 42.5 Å². The van der Waals surface area contributed by atoms with Crippen molar-refractivity contribution in [3.05, 3.63) is 53.6 Å². The fourth-order valence-electron chi connectivity index (χ4n) is 1.93. The molecule has 1 N–H and O–H groups in total. The molecule has 2 nitrogen and oxygen atoms in total. The van der Waals surface area contributed by atoms with Crippen molar-refractivity contribution in [2.24, 2.45) is 0 Å². The maximum atomic E-state index is 5.89. The Morgan fingerprint density at radius 3 is 2.61 bits per heavy atom. The van der Waals surface area contributed by atoms with E-state index in [0.717, 1.165) is 23.7 Å². The summed E-state index contributed by atoms with van der Waals surface area (Å²) < 4.78 is 5.89. The molecule has 0 amide bonds. The molecule has 3 rings (SSSR count). The van der Waals surface area contributed by atoms with Gasteiger partial charge in [-0.25, -0.2) is 0 Å². The summed E-state index contributed by atoms with van der Waals surface area (Å²) in [5.74, 6) is 1.84. The van der Waals surface area contributed by atoms with Crippen molar-refractivity contribution in [1.29, 1.82) is 0 Å². The van der Waals surface area contributed by atoms with Gasteiger partial charge >= 0.3 is 0 Å². The van der Waals surface area contributed by atoms with E-state index in [2.05, 4.69) is 30.4 Å². The van der Waals surface area contributed by atoms with Crippen LogP contribution in [0.2, 0.25) is 0 Å². The first kappa shape index (κ1) is 12.5. The number of hydrogen-bond donors (Lipinski definition) is 1. The lowest BCUT2D eigenvalue weighted by Gasteiger charge is -2.08. The summed E-state index contributed by atoms with van der Waals surface area (Å²) in [5, 5.41) is 3.40.